The smallest absolute Gasteiger partial charge is 0.0628 e. The minimum atomic E-state index is -0.201. The molecule has 0 fully saturated rings. The third-order valence-electron chi connectivity index (χ3n) is 1.92. The van der Waals surface area contributed by atoms with Gasteiger partial charge in [0.15, 0.2) is 0 Å². The van der Waals surface area contributed by atoms with E-state index in [0.29, 0.717) is 11.2 Å². The molecule has 0 radical (unpaired) electrons. The minimum absolute atomic E-state index is 0.201. The van der Waals surface area contributed by atoms with Gasteiger partial charge in [-0.3, -0.25) is 0 Å². The maximum absolute atomic E-state index is 9.21. The zero-order valence-electron chi connectivity index (χ0n) is 8.51. The molecule has 0 aromatic rings. The van der Waals surface area contributed by atoms with Gasteiger partial charge in [0.05, 0.1) is 6.10 Å². The maximum Gasteiger partial charge on any atom is 0.0628 e. The summed E-state index contributed by atoms with van der Waals surface area (Å²) < 4.78 is 0. The van der Waals surface area contributed by atoms with Gasteiger partial charge in [0.2, 0.25) is 0 Å². The van der Waals surface area contributed by atoms with Crippen LogP contribution in [0.15, 0.2) is 0 Å². The zero-order valence-corrected chi connectivity index (χ0v) is 9.40. The highest BCUT2D eigenvalue weighted by Gasteiger charge is 2.09. The van der Waals surface area contributed by atoms with Gasteiger partial charge in [-0.2, -0.15) is 12.6 Å². The predicted molar refractivity (Wildman–Crippen MR) is 57.8 cm³/mol. The first-order chi connectivity index (χ1) is 5.45. The molecule has 0 aliphatic carbocycles. The molecule has 0 amide bonds. The van der Waals surface area contributed by atoms with E-state index in [0.717, 1.165) is 12.8 Å². The Kier molecular flexibility index (Phi) is 6.02. The molecular weight excluding hydrogens is 168 g/mol. The van der Waals surface area contributed by atoms with Gasteiger partial charge in [-0.15, -0.1) is 0 Å². The molecular formula is C10H22OS. The van der Waals surface area contributed by atoms with Gasteiger partial charge in [-0.25, -0.2) is 0 Å². The van der Waals surface area contributed by atoms with E-state index in [-0.39, 0.29) is 6.10 Å². The molecule has 0 aliphatic rings. The molecule has 1 nitrogen and oxygen atoms in total. The number of thiol groups is 1. The quantitative estimate of drug-likeness (QED) is 0.504. The molecule has 0 heterocycles. The highest BCUT2D eigenvalue weighted by Crippen LogP contribution is 2.22. The summed E-state index contributed by atoms with van der Waals surface area (Å²) in [4.78, 5) is 0. The fraction of sp³-hybridized carbons (Fsp3) is 1.00. The van der Waals surface area contributed by atoms with Crippen LogP contribution in [0.3, 0.4) is 0 Å². The van der Waals surface area contributed by atoms with Crippen LogP contribution in [0.1, 0.15) is 46.5 Å². The summed E-state index contributed by atoms with van der Waals surface area (Å²) in [5, 5.41) is 9.21. The predicted octanol–water partition coefficient (Wildman–Crippen LogP) is 2.88. The maximum atomic E-state index is 9.21. The number of aliphatic hydroxyl groups excluding tert-OH is 1. The summed E-state index contributed by atoms with van der Waals surface area (Å²) in [6.45, 7) is 6.76. The minimum Gasteiger partial charge on any atom is -0.392 e. The Morgan fingerprint density at radius 3 is 2.25 bits per heavy atom. The molecule has 2 heteroatoms. The van der Waals surface area contributed by atoms with E-state index in [1.807, 2.05) is 0 Å². The fourth-order valence-electron chi connectivity index (χ4n) is 1.13. The van der Waals surface area contributed by atoms with Gasteiger partial charge < -0.3 is 5.11 Å². The van der Waals surface area contributed by atoms with Crippen molar-refractivity contribution in [1.29, 1.82) is 0 Å². The molecule has 0 aromatic heterocycles. The normalized spacial score (nSPS) is 14.8. The summed E-state index contributed by atoms with van der Waals surface area (Å²) in [6, 6.07) is 0. The molecule has 1 N–H and O–H groups in total. The lowest BCUT2D eigenvalue weighted by Crippen LogP contribution is -2.09. The molecule has 74 valence electrons. The second-order valence-electron chi connectivity index (χ2n) is 4.64. The van der Waals surface area contributed by atoms with E-state index in [1.165, 1.54) is 12.8 Å². The van der Waals surface area contributed by atoms with Gasteiger partial charge in [0, 0.05) is 5.75 Å². The van der Waals surface area contributed by atoms with Crippen molar-refractivity contribution in [1.82, 2.24) is 0 Å². The van der Waals surface area contributed by atoms with Crippen LogP contribution in [0.5, 0.6) is 0 Å². The van der Waals surface area contributed by atoms with E-state index in [4.69, 9.17) is 0 Å². The van der Waals surface area contributed by atoms with Crippen molar-refractivity contribution in [3.8, 4) is 0 Å². The van der Waals surface area contributed by atoms with Crippen LogP contribution in [-0.4, -0.2) is 17.0 Å². The number of unbranched alkanes of at least 4 members (excludes halogenated alkanes) is 1. The van der Waals surface area contributed by atoms with E-state index in [9.17, 15) is 5.11 Å². The number of aliphatic hydroxyl groups is 1. The first-order valence-electron chi connectivity index (χ1n) is 4.74. The second kappa shape index (κ2) is 5.87. The van der Waals surface area contributed by atoms with Gasteiger partial charge in [-0.05, 0) is 18.3 Å². The Bertz CT molecular complexity index is 107. The average Bonchev–Trinajstić information content (AvgIpc) is 1.96. The van der Waals surface area contributed by atoms with Crippen LogP contribution < -0.4 is 0 Å². The second-order valence-corrected chi connectivity index (χ2v) is 5.01. The van der Waals surface area contributed by atoms with Crippen LogP contribution >= 0.6 is 12.6 Å². The fourth-order valence-corrected chi connectivity index (χ4v) is 1.31. The monoisotopic (exact) mass is 190 g/mol. The molecule has 0 spiro atoms. The number of hydrogen-bond acceptors (Lipinski definition) is 2. The molecule has 1 unspecified atom stereocenters. The Balaban J connectivity index is 3.22. The van der Waals surface area contributed by atoms with Gasteiger partial charge in [0.25, 0.3) is 0 Å². The topological polar surface area (TPSA) is 20.2 Å². The Morgan fingerprint density at radius 1 is 1.25 bits per heavy atom. The molecule has 12 heavy (non-hydrogen) atoms. The lowest BCUT2D eigenvalue weighted by atomic mass is 9.89. The van der Waals surface area contributed by atoms with Crippen molar-refractivity contribution >= 4 is 12.6 Å². The molecule has 0 saturated carbocycles. The Labute approximate surface area is 82.0 Å². The van der Waals surface area contributed by atoms with Crippen molar-refractivity contribution in [2.45, 2.75) is 52.6 Å². The first-order valence-corrected chi connectivity index (χ1v) is 5.38. The van der Waals surface area contributed by atoms with Crippen LogP contribution in [0.2, 0.25) is 0 Å². The largest absolute Gasteiger partial charge is 0.392 e. The van der Waals surface area contributed by atoms with Crippen molar-refractivity contribution in [2.75, 3.05) is 5.75 Å². The first kappa shape index (κ1) is 12.3. The highest BCUT2D eigenvalue weighted by atomic mass is 32.1. The molecule has 0 aromatic carbocycles. The van der Waals surface area contributed by atoms with Crippen LogP contribution in [-0.2, 0) is 0 Å². The van der Waals surface area contributed by atoms with Crippen molar-refractivity contribution in [3.05, 3.63) is 0 Å². The van der Waals surface area contributed by atoms with E-state index >= 15 is 0 Å². The number of rotatable bonds is 5. The third kappa shape index (κ3) is 8.41. The number of hydrogen-bond donors (Lipinski definition) is 2. The van der Waals surface area contributed by atoms with Crippen molar-refractivity contribution in [2.24, 2.45) is 5.41 Å². The molecule has 0 bridgehead atoms. The summed E-state index contributed by atoms with van der Waals surface area (Å²) >= 11 is 4.02. The Morgan fingerprint density at radius 2 is 1.83 bits per heavy atom. The third-order valence-corrected chi connectivity index (χ3v) is 2.35. The lowest BCUT2D eigenvalue weighted by Gasteiger charge is -2.17. The van der Waals surface area contributed by atoms with Crippen LogP contribution in [0.4, 0.5) is 0 Å². The van der Waals surface area contributed by atoms with Gasteiger partial charge in [0.1, 0.15) is 0 Å². The summed E-state index contributed by atoms with van der Waals surface area (Å²) in [5.74, 6) is 0.593. The average molecular weight is 190 g/mol. The van der Waals surface area contributed by atoms with E-state index in [1.54, 1.807) is 0 Å². The molecule has 0 rings (SSSR count). The van der Waals surface area contributed by atoms with Crippen LogP contribution in [0, 0.1) is 5.41 Å². The van der Waals surface area contributed by atoms with E-state index < -0.39 is 0 Å². The highest BCUT2D eigenvalue weighted by molar-refractivity contribution is 7.80. The van der Waals surface area contributed by atoms with Crippen molar-refractivity contribution in [3.63, 3.8) is 0 Å². The molecule has 0 saturated heterocycles. The summed E-state index contributed by atoms with van der Waals surface area (Å²) in [6.07, 6.45) is 4.28. The summed E-state index contributed by atoms with van der Waals surface area (Å²) in [5.41, 5.74) is 0.436. The van der Waals surface area contributed by atoms with Gasteiger partial charge in [-0.1, -0.05) is 33.6 Å². The Hall–Kier alpha value is 0.310. The molecule has 1 atom stereocenters. The zero-order chi connectivity index (χ0) is 9.61. The van der Waals surface area contributed by atoms with Gasteiger partial charge >= 0.3 is 0 Å². The van der Waals surface area contributed by atoms with Crippen LogP contribution in [0.25, 0.3) is 0 Å². The molecule has 0 aliphatic heterocycles. The van der Waals surface area contributed by atoms with Crippen molar-refractivity contribution < 1.29 is 5.11 Å². The van der Waals surface area contributed by atoms with E-state index in [2.05, 4.69) is 33.4 Å². The lowest BCUT2D eigenvalue weighted by molar-refractivity contribution is 0.183. The SMILES string of the molecule is CC(C)(C)CCCCC(O)CS. The summed E-state index contributed by atoms with van der Waals surface area (Å²) in [7, 11) is 0. The standard InChI is InChI=1S/C10H22OS/c1-10(2,3)7-5-4-6-9(11)8-12/h9,11-12H,4-8H2,1-3H3.